The molecule has 0 N–H and O–H groups in total. The first-order valence-corrected chi connectivity index (χ1v) is 3.84. The van der Waals surface area contributed by atoms with Crippen LogP contribution in [0.1, 0.15) is 18.1 Å². The molecule has 0 heterocycles. The molecule has 0 saturated carbocycles. The maximum absolute atomic E-state index is 3.11. The average molecular weight is 220 g/mol. The second kappa shape index (κ2) is 3.82. The van der Waals surface area contributed by atoms with E-state index in [0.717, 1.165) is 5.92 Å². The first-order chi connectivity index (χ1) is 4.86. The van der Waals surface area contributed by atoms with E-state index in [4.69, 9.17) is 0 Å². The summed E-state index contributed by atoms with van der Waals surface area (Å²) >= 11 is 0. The van der Waals surface area contributed by atoms with E-state index in [9.17, 15) is 0 Å². The molecule has 1 atom stereocenters. The largest absolute Gasteiger partial charge is 0.184 e. The van der Waals surface area contributed by atoms with Crippen LogP contribution in [-0.4, -0.2) is 0 Å². The van der Waals surface area contributed by atoms with Crippen molar-refractivity contribution in [2.24, 2.45) is 5.92 Å². The topological polar surface area (TPSA) is 0 Å². The number of hydrogen-bond acceptors (Lipinski definition) is 0. The van der Waals surface area contributed by atoms with Gasteiger partial charge in [0.25, 0.3) is 0 Å². The zero-order chi connectivity index (χ0) is 6.97. The Balaban J connectivity index is 0.000000605. The molecule has 1 radical (unpaired) electrons. The smallest absolute Gasteiger partial charge is 0 e. The molecule has 1 aromatic rings. The molecule has 1 aliphatic carbocycles. The van der Waals surface area contributed by atoms with Crippen molar-refractivity contribution in [2.75, 3.05) is 0 Å². The van der Waals surface area contributed by atoms with Crippen molar-refractivity contribution >= 4 is 0 Å². The molecule has 1 unspecified atom stereocenters. The molecule has 1 aliphatic rings. The maximum Gasteiger partial charge on any atom is 0 e. The van der Waals surface area contributed by atoms with Crippen LogP contribution in [0.2, 0.25) is 0 Å². The fourth-order valence-electron chi connectivity index (χ4n) is 1.71. The minimum atomic E-state index is 0. The van der Waals surface area contributed by atoms with Crippen molar-refractivity contribution in [3.8, 4) is 0 Å². The number of rotatable bonds is 0. The Morgan fingerprint density at radius 3 is 2.82 bits per heavy atom. The summed E-state index contributed by atoms with van der Waals surface area (Å²) in [5.74, 6) is 0.853. The molecule has 0 nitrogen and oxygen atoms in total. The second-order valence-corrected chi connectivity index (χ2v) is 3.21. The Bertz CT molecular complexity index is 217. The van der Waals surface area contributed by atoms with Gasteiger partial charge in [0.15, 0.2) is 0 Å². The van der Waals surface area contributed by atoms with Crippen LogP contribution in [0, 0.1) is 12.0 Å². The molecule has 0 aliphatic heterocycles. The van der Waals surface area contributed by atoms with Gasteiger partial charge in [0.2, 0.25) is 0 Å². The van der Waals surface area contributed by atoms with Crippen LogP contribution in [0.4, 0.5) is 0 Å². The summed E-state index contributed by atoms with van der Waals surface area (Å²) in [5.41, 5.74) is 3.04. The van der Waals surface area contributed by atoms with E-state index in [1.54, 1.807) is 0 Å². The van der Waals surface area contributed by atoms with Gasteiger partial charge in [-0.05, 0) is 12.3 Å². The van der Waals surface area contributed by atoms with Crippen LogP contribution in [0.25, 0.3) is 0 Å². The van der Waals surface area contributed by atoms with E-state index >= 15 is 0 Å². The third kappa shape index (κ3) is 1.92. The minimum absolute atomic E-state index is 0. The summed E-state index contributed by atoms with van der Waals surface area (Å²) in [6.07, 6.45) is 2.52. The van der Waals surface area contributed by atoms with Crippen LogP contribution in [0.15, 0.2) is 18.2 Å². The molecule has 0 amide bonds. The van der Waals surface area contributed by atoms with Crippen LogP contribution in [0.5, 0.6) is 0 Å². The molecule has 0 spiro atoms. The van der Waals surface area contributed by atoms with Crippen LogP contribution in [-0.2, 0) is 45.6 Å². The summed E-state index contributed by atoms with van der Waals surface area (Å²) in [6.45, 7) is 2.31. The number of fused-ring (bicyclic) bond motifs is 1. The van der Waals surface area contributed by atoms with E-state index in [0.29, 0.717) is 0 Å². The van der Waals surface area contributed by atoms with Crippen LogP contribution in [0.3, 0.4) is 0 Å². The van der Waals surface area contributed by atoms with Gasteiger partial charge < -0.3 is 0 Å². The van der Waals surface area contributed by atoms with Gasteiger partial charge in [-0.1, -0.05) is 13.3 Å². The Morgan fingerprint density at radius 2 is 2.09 bits per heavy atom. The van der Waals surface area contributed by atoms with Crippen molar-refractivity contribution in [3.63, 3.8) is 0 Å². The summed E-state index contributed by atoms with van der Waals surface area (Å²) in [6, 6.07) is 9.44. The van der Waals surface area contributed by atoms with Crippen molar-refractivity contribution in [2.45, 2.75) is 19.8 Å². The normalized spacial score (nSPS) is 20.6. The van der Waals surface area contributed by atoms with Gasteiger partial charge >= 0.3 is 0 Å². The fraction of sp³-hybridized carbons (Fsp3) is 0.400. The van der Waals surface area contributed by atoms with Crippen LogP contribution < -0.4 is 0 Å². The third-order valence-electron chi connectivity index (χ3n) is 2.19. The molecule has 11 heavy (non-hydrogen) atoms. The number of benzene rings is 1. The van der Waals surface area contributed by atoms with Gasteiger partial charge in [-0.25, -0.2) is 0 Å². The monoisotopic (exact) mass is 220 g/mol. The van der Waals surface area contributed by atoms with Gasteiger partial charge in [-0.15, -0.1) is 0 Å². The summed E-state index contributed by atoms with van der Waals surface area (Å²) in [4.78, 5) is 0. The zero-order valence-corrected chi connectivity index (χ0v) is 9.64. The molecule has 0 bridgehead atoms. The molecule has 55 valence electrons. The predicted octanol–water partition coefficient (Wildman–Crippen LogP) is 2.22. The molecule has 1 aromatic carbocycles. The predicted molar refractivity (Wildman–Crippen MR) is 41.9 cm³/mol. The molecule has 0 saturated heterocycles. The van der Waals surface area contributed by atoms with E-state index in [-0.39, 0.29) is 32.7 Å². The minimum Gasteiger partial charge on any atom is -0.184 e. The molecule has 0 fully saturated rings. The van der Waals surface area contributed by atoms with Crippen molar-refractivity contribution < 1.29 is 32.7 Å². The first-order valence-electron chi connectivity index (χ1n) is 3.84. The molecule has 2 rings (SSSR count). The molecule has 1 heteroatoms. The zero-order valence-electron chi connectivity index (χ0n) is 6.80. The SMILES string of the molecule is CC1Cc2c[c-]ccc2C1.[Y]. The van der Waals surface area contributed by atoms with Gasteiger partial charge in [0, 0.05) is 32.7 Å². The first kappa shape index (κ1) is 9.41. The summed E-state index contributed by atoms with van der Waals surface area (Å²) < 4.78 is 0. The average Bonchev–Trinajstić information content (AvgIpc) is 2.27. The van der Waals surface area contributed by atoms with Crippen LogP contribution >= 0.6 is 0 Å². The quantitative estimate of drug-likeness (QED) is 0.588. The molecule has 0 aromatic heterocycles. The summed E-state index contributed by atoms with van der Waals surface area (Å²) in [7, 11) is 0. The van der Waals surface area contributed by atoms with E-state index in [2.05, 4.69) is 25.1 Å². The third-order valence-corrected chi connectivity index (χ3v) is 2.19. The van der Waals surface area contributed by atoms with Gasteiger partial charge in [-0.3, -0.25) is 0 Å². The van der Waals surface area contributed by atoms with Crippen molar-refractivity contribution in [1.29, 1.82) is 0 Å². The Labute approximate surface area is 93.3 Å². The Morgan fingerprint density at radius 1 is 1.36 bits per heavy atom. The number of hydrogen-bond donors (Lipinski definition) is 0. The molecular weight excluding hydrogens is 209 g/mol. The Hall–Kier alpha value is 0.324. The van der Waals surface area contributed by atoms with Gasteiger partial charge in [0.1, 0.15) is 0 Å². The summed E-state index contributed by atoms with van der Waals surface area (Å²) in [5, 5.41) is 0. The second-order valence-electron chi connectivity index (χ2n) is 3.21. The van der Waals surface area contributed by atoms with Crippen molar-refractivity contribution in [3.05, 3.63) is 35.4 Å². The Kier molecular flexibility index (Phi) is 3.27. The van der Waals surface area contributed by atoms with Gasteiger partial charge in [-0.2, -0.15) is 35.4 Å². The maximum atomic E-state index is 3.11. The van der Waals surface area contributed by atoms with Gasteiger partial charge in [0.05, 0.1) is 0 Å². The fourth-order valence-corrected chi connectivity index (χ4v) is 1.71. The van der Waals surface area contributed by atoms with Crippen molar-refractivity contribution in [1.82, 2.24) is 0 Å². The molecular formula is C10H11Y-. The standard InChI is InChI=1S/C10H11.Y/c1-8-6-9-4-2-3-5-10(9)7-8;/h2,4-5,8H,6-7H2,1H3;/q-1;. The van der Waals surface area contributed by atoms with E-state index in [1.807, 2.05) is 6.07 Å². The van der Waals surface area contributed by atoms with E-state index in [1.165, 1.54) is 24.0 Å². The van der Waals surface area contributed by atoms with E-state index < -0.39 is 0 Å².